The lowest BCUT2D eigenvalue weighted by atomic mass is 9.78. The van der Waals surface area contributed by atoms with Crippen molar-refractivity contribution >= 4 is 50.4 Å². The van der Waals surface area contributed by atoms with E-state index in [0.717, 1.165) is 86.1 Å². The Bertz CT molecular complexity index is 3950. The summed E-state index contributed by atoms with van der Waals surface area (Å²) in [6.07, 6.45) is -10.0. The lowest BCUT2D eigenvalue weighted by Crippen LogP contribution is -2.65. The molecule has 12 fully saturated rings. The highest BCUT2D eigenvalue weighted by Crippen LogP contribution is 2.52. The molecule has 27 nitrogen and oxygen atoms in total. The van der Waals surface area contributed by atoms with Crippen molar-refractivity contribution in [2.24, 2.45) is 0 Å². The van der Waals surface area contributed by atoms with Gasteiger partial charge in [0, 0.05) is 87.0 Å². The number of nitrogens with zero attached hydrogens (tertiary/aromatic N) is 2. The van der Waals surface area contributed by atoms with E-state index in [2.05, 4.69) is 133 Å². The molecule has 27 heteroatoms. The molecule has 108 heavy (non-hydrogen) atoms. The fraction of sp³-hybridized carbons (Fsp3) is 0.617. The molecule has 590 valence electrons. The Balaban J connectivity index is 0.679. The predicted molar refractivity (Wildman–Crippen MR) is 395 cm³/mol. The topological polar surface area (TPSA) is 368 Å². The number of fused-ring (bicyclic) bond motifs is 6. The summed E-state index contributed by atoms with van der Waals surface area (Å²) in [6, 6.07) is 25.2. The summed E-state index contributed by atoms with van der Waals surface area (Å²) in [5.41, 5.74) is 7.46. The Hall–Kier alpha value is -6.23. The first kappa shape index (κ1) is 79.8. The second-order valence-electron chi connectivity index (χ2n) is 30.7. The van der Waals surface area contributed by atoms with Gasteiger partial charge in [0.2, 0.25) is 17.5 Å². The van der Waals surface area contributed by atoms with Crippen molar-refractivity contribution in [1.82, 2.24) is 10.6 Å². The molecule has 19 rings (SSSR count). The minimum Gasteiger partial charge on any atom is -0.496 e. The summed E-state index contributed by atoms with van der Waals surface area (Å²) < 4.78 is 69.5. The van der Waals surface area contributed by atoms with E-state index in [4.69, 9.17) is 52.1 Å². The third-order valence-electron chi connectivity index (χ3n) is 23.1. The van der Waals surface area contributed by atoms with Crippen LogP contribution in [-0.4, -0.2) is 282 Å². The number of methoxy groups -OCH3 is 1. The molecule has 2 unspecified atom stereocenters. The number of carbonyl (C=O) groups is 2. The van der Waals surface area contributed by atoms with Crippen LogP contribution in [0.2, 0.25) is 0 Å². The molecule has 20 atom stereocenters. The third-order valence-corrected chi connectivity index (χ3v) is 23.1. The maximum Gasteiger partial charge on any atom is 0.226 e. The first-order valence-corrected chi connectivity index (χ1v) is 38.5. The van der Waals surface area contributed by atoms with Crippen molar-refractivity contribution in [3.63, 3.8) is 0 Å². The maximum atomic E-state index is 14.0. The molecule has 2 amide bonds. The van der Waals surface area contributed by atoms with Crippen LogP contribution >= 0.6 is 0 Å². The van der Waals surface area contributed by atoms with E-state index < -0.39 is 160 Å². The molecule has 0 spiro atoms. The monoisotopic (exact) mass is 1510 g/mol. The largest absolute Gasteiger partial charge is 0.496 e. The smallest absolute Gasteiger partial charge is 0.226 e. The van der Waals surface area contributed by atoms with E-state index in [1.54, 1.807) is 7.11 Å². The van der Waals surface area contributed by atoms with Crippen molar-refractivity contribution in [1.29, 1.82) is 0 Å². The third kappa shape index (κ3) is 16.4. The average molecular weight is 1510 g/mol. The normalized spacial score (nSPS) is 34.2. The Morgan fingerprint density at radius 2 is 1.12 bits per heavy atom. The first-order chi connectivity index (χ1) is 52.2. The summed E-state index contributed by atoms with van der Waals surface area (Å²) in [6.45, 7) is 8.45. The highest BCUT2D eigenvalue weighted by Gasteiger charge is 2.55. The molecule has 12 saturated heterocycles. The predicted octanol–water partition coefficient (Wildman–Crippen LogP) is 3.43. The zero-order valence-electron chi connectivity index (χ0n) is 62.2. The number of aliphatic hydroxyl groups is 10. The number of anilines is 1. The fourth-order valence-corrected chi connectivity index (χ4v) is 17.6. The minimum atomic E-state index is -1.59. The van der Waals surface area contributed by atoms with Crippen LogP contribution in [0.5, 0.6) is 0 Å². The van der Waals surface area contributed by atoms with E-state index in [0.29, 0.717) is 51.6 Å². The van der Waals surface area contributed by atoms with Gasteiger partial charge in [-0.15, -0.1) is 0 Å². The van der Waals surface area contributed by atoms with Crippen molar-refractivity contribution in [3.05, 3.63) is 131 Å². The van der Waals surface area contributed by atoms with Gasteiger partial charge in [0.15, 0.2) is 24.8 Å². The number of rotatable bonds is 24. The van der Waals surface area contributed by atoms with E-state index in [9.17, 15) is 60.7 Å². The van der Waals surface area contributed by atoms with Gasteiger partial charge in [-0.2, -0.15) is 4.58 Å². The summed E-state index contributed by atoms with van der Waals surface area (Å²) in [7, 11) is 1.71. The molecule has 4 aromatic rings. The molecule has 15 aliphatic rings. The second kappa shape index (κ2) is 35.2. The Morgan fingerprint density at radius 1 is 0.565 bits per heavy atom. The number of nitrogens with one attached hydrogen (secondary N) is 2. The van der Waals surface area contributed by atoms with Gasteiger partial charge in [-0.25, -0.2) is 0 Å². The van der Waals surface area contributed by atoms with Gasteiger partial charge in [-0.1, -0.05) is 74.5 Å². The summed E-state index contributed by atoms with van der Waals surface area (Å²) in [5.74, 6) is 0.444. The molecule has 14 heterocycles. The van der Waals surface area contributed by atoms with Gasteiger partial charge in [-0.3, -0.25) is 9.59 Å². The quantitative estimate of drug-likeness (QED) is 0.0353. The zero-order valence-corrected chi connectivity index (χ0v) is 62.2. The summed E-state index contributed by atoms with van der Waals surface area (Å²) in [4.78, 5) is 30.2. The standard InChI is InChI=1S/C81H108N4O23/c1-80(2)59(84(51-27-23-45-15-6-8-19-49(45)63(51)80)35-31-61(90)82-33-13-39-101-72-54-22-12-38-99-73-55(41-86)105-78(68(95)67(73)94)107-76(69(72)96)58(44-89)104-54)29-25-47-17-10-18-48(71(47)98-5)26-30-60-81(3,4)64-50-20-9-7-16-46(50)24-28-52(64)85(60)36-32-62(91)83-34-14-40-102-77-70(97)74-56(42-87)106-79(77)108-75-57(43-88)103-53(21-11-37-100-74)65(92)66(75)93/h6-9,15-16,19-20,23-30,53-58,65-70,72-79,86-89,92-97H,10-14,17-18,21-22,31-44H2,1-5H3,(H-,82,83,90,91)/p+1/t53-,54-,55-,56-,57-,58-,65+,66-,67-,68-,69-,70+,72+,73-,74-,75?,76-,77-,78?,79-/m1/s1. The van der Waals surface area contributed by atoms with Gasteiger partial charge in [0.05, 0.1) is 57.6 Å². The van der Waals surface area contributed by atoms with Crippen molar-refractivity contribution < 1.29 is 117 Å². The van der Waals surface area contributed by atoms with Crippen LogP contribution in [0.3, 0.4) is 0 Å². The zero-order chi connectivity index (χ0) is 76.1. The SMILES string of the molecule is COC1=C(/C=C/C2=[N+](CCC(=O)NCCCO[C@@H]3[C@@H](O)[C@@H]4OC5O[C@H](CO)[C@@H](OCCC[C@H]3O[C@@H]4CO)[C@H](O)[C@H]5O)c3ccc4ccccc4c3C2(C)C)CCC/C1=C\C=C1\N(CCC(=O)NCCCO[C@H]2[C@H]3OC4[C@@H](CO)O[C@H](CCCO[C@@H]([C@@H]2O)[C@@H](CO)O3)[C@H](O)[C@H]4O)c2ccc3ccccc3c2C1(C)C. The number of allylic oxidation sites excluding steroid dienone is 7. The van der Waals surface area contributed by atoms with Gasteiger partial charge in [0.25, 0.3) is 0 Å². The molecular formula is C81H109N4O23+. The van der Waals surface area contributed by atoms with E-state index in [1.807, 2.05) is 12.1 Å². The second-order valence-corrected chi connectivity index (χ2v) is 30.7. The van der Waals surface area contributed by atoms with Crippen LogP contribution in [0, 0.1) is 0 Å². The average Bonchev–Trinajstić information content (AvgIpc) is 1.57. The van der Waals surface area contributed by atoms with Crippen LogP contribution in [0.1, 0.15) is 109 Å². The Morgan fingerprint density at radius 3 is 1.79 bits per heavy atom. The van der Waals surface area contributed by atoms with Gasteiger partial charge < -0.3 is 119 Å². The number of benzene rings is 4. The summed E-state index contributed by atoms with van der Waals surface area (Å²) in [5, 5.41) is 119. The number of hydrogen-bond donors (Lipinski definition) is 12. The van der Waals surface area contributed by atoms with Crippen molar-refractivity contribution in [2.45, 2.75) is 232 Å². The lowest BCUT2D eigenvalue weighted by Gasteiger charge is -2.47. The van der Waals surface area contributed by atoms with Crippen LogP contribution < -0.4 is 15.5 Å². The first-order valence-electron chi connectivity index (χ1n) is 38.5. The molecule has 0 radical (unpaired) electrons. The molecule has 4 aromatic carbocycles. The van der Waals surface area contributed by atoms with Gasteiger partial charge >= 0.3 is 0 Å². The van der Waals surface area contributed by atoms with E-state index in [1.165, 1.54) is 5.56 Å². The number of ether oxygens (including phenoxy) is 11. The number of aliphatic hydroxyl groups excluding tert-OH is 10. The van der Waals surface area contributed by atoms with Crippen molar-refractivity contribution in [3.8, 4) is 0 Å². The Kier molecular flexibility index (Phi) is 26.0. The molecule has 0 aromatic heterocycles. The molecular weight excluding hydrogens is 1400 g/mol. The number of carbonyl (C=O) groups excluding carboxylic acids is 2. The lowest BCUT2D eigenvalue weighted by molar-refractivity contribution is -0.436. The highest BCUT2D eigenvalue weighted by molar-refractivity contribution is 6.08. The van der Waals surface area contributed by atoms with Crippen LogP contribution in [0.15, 0.2) is 120 Å². The molecule has 1 aliphatic carbocycles. The van der Waals surface area contributed by atoms with Crippen LogP contribution in [0.25, 0.3) is 21.5 Å². The van der Waals surface area contributed by atoms with Gasteiger partial charge in [-0.05, 0) is 134 Å². The number of amides is 2. The Labute approximate surface area is 629 Å². The molecule has 14 aliphatic heterocycles. The van der Waals surface area contributed by atoms with Crippen molar-refractivity contribution in [2.75, 3.05) is 91.0 Å². The van der Waals surface area contributed by atoms with Gasteiger partial charge in [0.1, 0.15) is 103 Å². The van der Waals surface area contributed by atoms with Crippen LogP contribution in [0.4, 0.5) is 11.4 Å². The molecule has 12 N–H and O–H groups in total. The molecule has 0 saturated carbocycles. The highest BCUT2D eigenvalue weighted by atomic mass is 16.7. The minimum absolute atomic E-state index is 0.0373. The maximum absolute atomic E-state index is 14.0. The fourth-order valence-electron chi connectivity index (χ4n) is 17.6. The van der Waals surface area contributed by atoms with E-state index in [-0.39, 0.29) is 64.2 Å². The van der Waals surface area contributed by atoms with Crippen LogP contribution in [-0.2, 0) is 72.5 Å². The molecule has 8 bridgehead atoms. The van der Waals surface area contributed by atoms with E-state index >= 15 is 0 Å². The number of hydrogen-bond acceptors (Lipinski definition) is 24. The summed E-state index contributed by atoms with van der Waals surface area (Å²) >= 11 is 0.